The van der Waals surface area contributed by atoms with Crippen molar-refractivity contribution in [1.82, 2.24) is 4.90 Å². The minimum absolute atomic E-state index is 0.0961. The highest BCUT2D eigenvalue weighted by Crippen LogP contribution is 2.19. The van der Waals surface area contributed by atoms with E-state index in [0.29, 0.717) is 10.5 Å². The number of alkyl halides is 3. The van der Waals surface area contributed by atoms with Crippen LogP contribution in [0.1, 0.15) is 5.56 Å². The smallest absolute Gasteiger partial charge is 0.406 e. The largest absolute Gasteiger partial charge is 0.508 e. The normalized spacial score (nSPS) is 11.3. The topological polar surface area (TPSA) is 40.5 Å². The van der Waals surface area contributed by atoms with E-state index in [4.69, 9.17) is 0 Å². The second-order valence-electron chi connectivity index (χ2n) is 3.67. The maximum atomic E-state index is 12.0. The number of nitrogens with zero attached hydrogens (tertiary/aromatic N) is 1. The molecule has 6 heteroatoms. The quantitative estimate of drug-likeness (QED) is 0.886. The molecule has 0 saturated carbocycles. The number of phenolic OH excluding ortho intramolecular Hbond substituents is 1. The molecule has 1 amide bonds. The van der Waals surface area contributed by atoms with Gasteiger partial charge in [0.25, 0.3) is 0 Å². The van der Waals surface area contributed by atoms with Gasteiger partial charge < -0.3 is 10.0 Å². The van der Waals surface area contributed by atoms with Crippen LogP contribution in [0.25, 0.3) is 0 Å². The maximum Gasteiger partial charge on any atom is 0.406 e. The van der Waals surface area contributed by atoms with Crippen LogP contribution in [-0.2, 0) is 11.2 Å². The summed E-state index contributed by atoms with van der Waals surface area (Å²) in [6.07, 6.45) is -4.66. The van der Waals surface area contributed by atoms with E-state index in [1.54, 1.807) is 12.1 Å². The minimum atomic E-state index is -4.41. The SMILES string of the molecule is CN(CC(F)(F)F)C(=O)Cc1ccccc1O. The minimum Gasteiger partial charge on any atom is -0.508 e. The number of benzene rings is 1. The first-order chi connectivity index (χ1) is 7.79. The molecule has 1 aromatic rings. The lowest BCUT2D eigenvalue weighted by Gasteiger charge is -2.19. The molecule has 0 unspecified atom stereocenters. The molecule has 0 saturated heterocycles. The van der Waals surface area contributed by atoms with Gasteiger partial charge in [-0.25, -0.2) is 0 Å². The van der Waals surface area contributed by atoms with Crippen molar-refractivity contribution in [3.63, 3.8) is 0 Å². The molecule has 1 N–H and O–H groups in total. The zero-order valence-corrected chi connectivity index (χ0v) is 9.16. The van der Waals surface area contributed by atoms with Gasteiger partial charge in [-0.1, -0.05) is 18.2 Å². The van der Waals surface area contributed by atoms with Crippen LogP contribution in [0.2, 0.25) is 0 Å². The third kappa shape index (κ3) is 4.34. The van der Waals surface area contributed by atoms with Gasteiger partial charge >= 0.3 is 6.18 Å². The van der Waals surface area contributed by atoms with Crippen molar-refractivity contribution >= 4 is 5.91 Å². The van der Waals surface area contributed by atoms with Crippen LogP contribution >= 0.6 is 0 Å². The van der Waals surface area contributed by atoms with Crippen molar-refractivity contribution in [1.29, 1.82) is 0 Å². The first kappa shape index (κ1) is 13.3. The highest BCUT2D eigenvalue weighted by atomic mass is 19.4. The Hall–Kier alpha value is -1.72. The van der Waals surface area contributed by atoms with Gasteiger partial charge in [-0.3, -0.25) is 4.79 Å². The maximum absolute atomic E-state index is 12.0. The van der Waals surface area contributed by atoms with E-state index in [0.717, 1.165) is 7.05 Å². The highest BCUT2D eigenvalue weighted by Gasteiger charge is 2.31. The van der Waals surface area contributed by atoms with Gasteiger partial charge in [0, 0.05) is 12.6 Å². The molecule has 0 radical (unpaired) electrons. The fourth-order valence-corrected chi connectivity index (χ4v) is 1.32. The molecule has 0 aliphatic carbocycles. The molecule has 0 bridgehead atoms. The Labute approximate surface area is 96.5 Å². The number of likely N-dealkylation sites (N-methyl/N-ethyl adjacent to an activating group) is 1. The third-order valence-electron chi connectivity index (χ3n) is 2.18. The van der Waals surface area contributed by atoms with Gasteiger partial charge in [-0.15, -0.1) is 0 Å². The molecule has 94 valence electrons. The lowest BCUT2D eigenvalue weighted by atomic mass is 10.1. The Kier molecular flexibility index (Phi) is 3.98. The van der Waals surface area contributed by atoms with E-state index in [2.05, 4.69) is 0 Å². The number of halogens is 3. The van der Waals surface area contributed by atoms with Crippen molar-refractivity contribution < 1.29 is 23.1 Å². The molecule has 0 aromatic heterocycles. The summed E-state index contributed by atoms with van der Waals surface area (Å²) >= 11 is 0. The Bertz CT molecular complexity index is 404. The van der Waals surface area contributed by atoms with E-state index < -0.39 is 18.6 Å². The molecule has 3 nitrogen and oxygen atoms in total. The van der Waals surface area contributed by atoms with Gasteiger partial charge in [0.1, 0.15) is 12.3 Å². The fraction of sp³-hybridized carbons (Fsp3) is 0.364. The third-order valence-corrected chi connectivity index (χ3v) is 2.18. The number of phenols is 1. The van der Waals surface area contributed by atoms with Crippen LogP contribution in [0.5, 0.6) is 5.75 Å². The summed E-state index contributed by atoms with van der Waals surface area (Å²) in [4.78, 5) is 12.0. The summed E-state index contributed by atoms with van der Waals surface area (Å²) in [6.45, 7) is -1.29. The van der Waals surface area contributed by atoms with Crippen molar-refractivity contribution in [3.8, 4) is 5.75 Å². The number of aromatic hydroxyl groups is 1. The van der Waals surface area contributed by atoms with Crippen molar-refractivity contribution in [2.45, 2.75) is 12.6 Å². The summed E-state index contributed by atoms with van der Waals surface area (Å²) in [6, 6.07) is 6.05. The lowest BCUT2D eigenvalue weighted by molar-refractivity contribution is -0.157. The predicted molar refractivity (Wildman–Crippen MR) is 55.5 cm³/mol. The second kappa shape index (κ2) is 5.07. The molecular formula is C11H12F3NO2. The van der Waals surface area contributed by atoms with Crippen LogP contribution in [0, 0.1) is 0 Å². The number of carbonyl (C=O) groups is 1. The van der Waals surface area contributed by atoms with Gasteiger partial charge in [0.05, 0.1) is 6.42 Å². The zero-order valence-electron chi connectivity index (χ0n) is 9.16. The van der Waals surface area contributed by atoms with E-state index in [1.165, 1.54) is 12.1 Å². The van der Waals surface area contributed by atoms with Crippen LogP contribution in [-0.4, -0.2) is 35.7 Å². The van der Waals surface area contributed by atoms with Crippen LogP contribution < -0.4 is 0 Å². The van der Waals surface area contributed by atoms with E-state index >= 15 is 0 Å². The van der Waals surface area contributed by atoms with Crippen LogP contribution in [0.15, 0.2) is 24.3 Å². The van der Waals surface area contributed by atoms with Gasteiger partial charge in [0.2, 0.25) is 5.91 Å². The lowest BCUT2D eigenvalue weighted by Crippen LogP contribution is -2.36. The fourth-order valence-electron chi connectivity index (χ4n) is 1.32. The molecule has 0 atom stereocenters. The molecule has 0 aliphatic heterocycles. The first-order valence-electron chi connectivity index (χ1n) is 4.87. The number of amides is 1. The zero-order chi connectivity index (χ0) is 13.1. The van der Waals surface area contributed by atoms with Gasteiger partial charge in [-0.2, -0.15) is 13.2 Å². The van der Waals surface area contributed by atoms with Gasteiger partial charge in [-0.05, 0) is 6.07 Å². The second-order valence-corrected chi connectivity index (χ2v) is 3.67. The molecule has 1 aromatic carbocycles. The van der Waals surface area contributed by atoms with Crippen LogP contribution in [0.4, 0.5) is 13.2 Å². The molecule has 0 aliphatic rings. The number of hydrogen-bond acceptors (Lipinski definition) is 2. The summed E-state index contributed by atoms with van der Waals surface area (Å²) in [7, 11) is 1.08. The van der Waals surface area contributed by atoms with Crippen molar-refractivity contribution in [2.75, 3.05) is 13.6 Å². The number of rotatable bonds is 3. The number of para-hydroxylation sites is 1. The Morgan fingerprint density at radius 1 is 1.35 bits per heavy atom. The average molecular weight is 247 g/mol. The predicted octanol–water partition coefficient (Wildman–Crippen LogP) is 1.96. The Morgan fingerprint density at radius 3 is 2.47 bits per heavy atom. The molecule has 1 rings (SSSR count). The summed E-state index contributed by atoms with van der Waals surface area (Å²) in [5.41, 5.74) is 0.312. The summed E-state index contributed by atoms with van der Waals surface area (Å²) in [5.74, 6) is -0.787. The van der Waals surface area contributed by atoms with Crippen molar-refractivity contribution in [3.05, 3.63) is 29.8 Å². The highest BCUT2D eigenvalue weighted by molar-refractivity contribution is 5.79. The van der Waals surface area contributed by atoms with E-state index in [-0.39, 0.29) is 12.2 Å². The molecule has 17 heavy (non-hydrogen) atoms. The van der Waals surface area contributed by atoms with E-state index in [9.17, 15) is 23.1 Å². The molecule has 0 heterocycles. The number of carbonyl (C=O) groups excluding carboxylic acids is 1. The Morgan fingerprint density at radius 2 is 1.94 bits per heavy atom. The average Bonchev–Trinajstić information content (AvgIpc) is 2.18. The monoisotopic (exact) mass is 247 g/mol. The van der Waals surface area contributed by atoms with E-state index in [1.807, 2.05) is 0 Å². The van der Waals surface area contributed by atoms with Crippen LogP contribution in [0.3, 0.4) is 0 Å². The van der Waals surface area contributed by atoms with Gasteiger partial charge in [0.15, 0.2) is 0 Å². The summed E-state index contributed by atoms with van der Waals surface area (Å²) < 4.78 is 36.1. The summed E-state index contributed by atoms with van der Waals surface area (Å²) in [5, 5.41) is 9.38. The molecule has 0 fully saturated rings. The molecule has 0 spiro atoms. The van der Waals surface area contributed by atoms with Crippen molar-refractivity contribution in [2.24, 2.45) is 0 Å². The molecular weight excluding hydrogens is 235 g/mol. The standard InChI is InChI=1S/C11H12F3NO2/c1-15(7-11(12,13)14)10(17)6-8-4-2-3-5-9(8)16/h2-5,16H,6-7H2,1H3. The Balaban J connectivity index is 2.64. The number of hydrogen-bond donors (Lipinski definition) is 1. The first-order valence-corrected chi connectivity index (χ1v) is 4.87.